The first-order chi connectivity index (χ1) is 6.83. The Hall–Kier alpha value is -1.34. The molecule has 0 spiro atoms. The van der Waals surface area contributed by atoms with Crippen molar-refractivity contribution < 1.29 is 21.7 Å². The number of hydrogen-bond donors (Lipinski definition) is 1. The summed E-state index contributed by atoms with van der Waals surface area (Å²) in [5.41, 5.74) is 0.575. The summed E-state index contributed by atoms with van der Waals surface area (Å²) in [5, 5.41) is 4.63. The maximum absolute atomic E-state index is 13.3. The molecule has 0 radical (unpaired) electrons. The first kappa shape index (κ1) is 11.7. The van der Waals surface area contributed by atoms with E-state index in [-0.39, 0.29) is 5.75 Å². The molecule has 0 unspecified atom stereocenters. The van der Waals surface area contributed by atoms with Gasteiger partial charge in [0.05, 0.1) is 7.11 Å². The zero-order valence-corrected chi connectivity index (χ0v) is 8.97. The maximum Gasteiger partial charge on any atom is 0.380 e. The van der Waals surface area contributed by atoms with Gasteiger partial charge in [0.15, 0.2) is 11.6 Å². The van der Waals surface area contributed by atoms with Crippen LogP contribution in [0.4, 0.5) is 4.39 Å². The van der Waals surface area contributed by atoms with Crippen molar-refractivity contribution >= 4 is 10.3 Å². The van der Waals surface area contributed by atoms with Gasteiger partial charge in [0.1, 0.15) is 0 Å². The number of methoxy groups -OCH3 is 1. The van der Waals surface area contributed by atoms with Crippen molar-refractivity contribution in [2.75, 3.05) is 7.11 Å². The number of aryl methyl sites for hydroxylation is 1. The third-order valence-electron chi connectivity index (χ3n) is 1.57. The van der Waals surface area contributed by atoms with E-state index in [1.165, 1.54) is 13.2 Å². The summed E-state index contributed by atoms with van der Waals surface area (Å²) < 4.78 is 43.6. The molecule has 0 heterocycles. The van der Waals surface area contributed by atoms with Gasteiger partial charge in [-0.25, -0.2) is 4.39 Å². The molecule has 0 bridgehead atoms. The van der Waals surface area contributed by atoms with Crippen molar-refractivity contribution in [3.05, 3.63) is 23.5 Å². The van der Waals surface area contributed by atoms with Crippen molar-refractivity contribution in [3.63, 3.8) is 0 Å². The van der Waals surface area contributed by atoms with Gasteiger partial charge in [-0.1, -0.05) is 0 Å². The Morgan fingerprint density at radius 1 is 1.40 bits per heavy atom. The molecule has 7 heteroatoms. The third kappa shape index (κ3) is 3.07. The highest BCUT2D eigenvalue weighted by molar-refractivity contribution is 7.84. The number of rotatable bonds is 3. The highest BCUT2D eigenvalue weighted by atomic mass is 32.2. The van der Waals surface area contributed by atoms with Gasteiger partial charge in [-0.3, -0.25) is 0 Å². The molecule has 0 aliphatic rings. The van der Waals surface area contributed by atoms with Gasteiger partial charge in [0, 0.05) is 0 Å². The summed E-state index contributed by atoms with van der Waals surface area (Å²) in [6, 6.07) is 2.55. The molecule has 0 amide bonds. The standard InChI is InChI=1S/C8H10FNO4S/c1-5-3-6(9)8(7(4-5)13-2)14-15(10,11)12/h3-4H,1-2H3,(H2,10,11,12). The van der Waals surface area contributed by atoms with E-state index in [2.05, 4.69) is 9.32 Å². The molecule has 0 aliphatic heterocycles. The fraction of sp³-hybridized carbons (Fsp3) is 0.250. The molecule has 0 saturated carbocycles. The molecule has 5 nitrogen and oxygen atoms in total. The largest absolute Gasteiger partial charge is 0.493 e. The van der Waals surface area contributed by atoms with Gasteiger partial charge in [-0.2, -0.15) is 13.6 Å². The lowest BCUT2D eigenvalue weighted by atomic mass is 10.2. The Bertz CT molecular complexity index is 472. The Kier molecular flexibility index (Phi) is 3.15. The molecular weight excluding hydrogens is 225 g/mol. The lowest BCUT2D eigenvalue weighted by Crippen LogP contribution is -2.20. The first-order valence-corrected chi connectivity index (χ1v) is 5.37. The normalized spacial score (nSPS) is 11.2. The number of benzene rings is 1. The zero-order chi connectivity index (χ0) is 11.6. The van der Waals surface area contributed by atoms with E-state index < -0.39 is 21.9 Å². The molecule has 0 aliphatic carbocycles. The second-order valence-electron chi connectivity index (χ2n) is 2.85. The van der Waals surface area contributed by atoms with Gasteiger partial charge in [0.25, 0.3) is 0 Å². The van der Waals surface area contributed by atoms with E-state index in [4.69, 9.17) is 4.74 Å². The fourth-order valence-corrected chi connectivity index (χ4v) is 1.44. The first-order valence-electron chi connectivity index (χ1n) is 3.90. The number of nitrogens with two attached hydrogens (primary N) is 1. The molecule has 15 heavy (non-hydrogen) atoms. The van der Waals surface area contributed by atoms with Crippen LogP contribution in [0.1, 0.15) is 5.56 Å². The number of ether oxygens (including phenoxy) is 1. The minimum Gasteiger partial charge on any atom is -0.493 e. The minimum absolute atomic E-state index is 0.0264. The molecule has 1 aromatic carbocycles. The van der Waals surface area contributed by atoms with E-state index in [0.717, 1.165) is 6.07 Å². The lowest BCUT2D eigenvalue weighted by Gasteiger charge is -2.09. The number of halogens is 1. The smallest absolute Gasteiger partial charge is 0.380 e. The van der Waals surface area contributed by atoms with Crippen LogP contribution in [-0.4, -0.2) is 15.5 Å². The Morgan fingerprint density at radius 2 is 2.00 bits per heavy atom. The quantitative estimate of drug-likeness (QED) is 0.837. The van der Waals surface area contributed by atoms with Crippen molar-refractivity contribution in [2.24, 2.45) is 5.14 Å². The lowest BCUT2D eigenvalue weighted by molar-refractivity contribution is 0.379. The highest BCUT2D eigenvalue weighted by Gasteiger charge is 2.17. The van der Waals surface area contributed by atoms with E-state index in [9.17, 15) is 12.8 Å². The molecule has 0 saturated heterocycles. The minimum atomic E-state index is -4.27. The predicted octanol–water partition coefficient (Wildman–Crippen LogP) is 0.725. The third-order valence-corrected chi connectivity index (χ3v) is 1.97. The van der Waals surface area contributed by atoms with Crippen LogP contribution in [-0.2, 0) is 10.3 Å². The average Bonchev–Trinajstić information content (AvgIpc) is 2.07. The topological polar surface area (TPSA) is 78.6 Å². The van der Waals surface area contributed by atoms with Crippen molar-refractivity contribution in [2.45, 2.75) is 6.92 Å². The van der Waals surface area contributed by atoms with Gasteiger partial charge in [0.2, 0.25) is 5.75 Å². The van der Waals surface area contributed by atoms with Gasteiger partial charge < -0.3 is 8.92 Å². The number of hydrogen-bond acceptors (Lipinski definition) is 4. The van der Waals surface area contributed by atoms with E-state index >= 15 is 0 Å². The van der Waals surface area contributed by atoms with Crippen LogP contribution in [0, 0.1) is 12.7 Å². The Labute approximate surface area is 86.9 Å². The molecule has 0 atom stereocenters. The Balaban J connectivity index is 3.27. The SMILES string of the molecule is COc1cc(C)cc(F)c1OS(N)(=O)=O. The van der Waals surface area contributed by atoms with Crippen molar-refractivity contribution in [3.8, 4) is 11.5 Å². The summed E-state index contributed by atoms with van der Waals surface area (Å²) in [6.45, 7) is 1.63. The van der Waals surface area contributed by atoms with Crippen LogP contribution in [0.2, 0.25) is 0 Å². The summed E-state index contributed by atoms with van der Waals surface area (Å²) in [4.78, 5) is 0. The van der Waals surface area contributed by atoms with Crippen molar-refractivity contribution in [1.82, 2.24) is 0 Å². The summed E-state index contributed by atoms with van der Waals surface area (Å²) >= 11 is 0. The average molecular weight is 235 g/mol. The monoisotopic (exact) mass is 235 g/mol. The predicted molar refractivity (Wildman–Crippen MR) is 51.4 cm³/mol. The van der Waals surface area contributed by atoms with Crippen LogP contribution in [0.3, 0.4) is 0 Å². The molecular formula is C8H10FNO4S. The zero-order valence-electron chi connectivity index (χ0n) is 8.15. The molecule has 84 valence electrons. The van der Waals surface area contributed by atoms with Crippen molar-refractivity contribution in [1.29, 1.82) is 0 Å². The van der Waals surface area contributed by atoms with Crippen LogP contribution in [0.5, 0.6) is 11.5 Å². The highest BCUT2D eigenvalue weighted by Crippen LogP contribution is 2.31. The fourth-order valence-electron chi connectivity index (χ4n) is 1.05. The molecule has 0 fully saturated rings. The van der Waals surface area contributed by atoms with Crippen LogP contribution >= 0.6 is 0 Å². The van der Waals surface area contributed by atoms with Crippen LogP contribution in [0.25, 0.3) is 0 Å². The molecule has 0 aromatic heterocycles. The van der Waals surface area contributed by atoms with Gasteiger partial charge in [-0.15, -0.1) is 0 Å². The maximum atomic E-state index is 13.3. The second kappa shape index (κ2) is 4.03. The second-order valence-corrected chi connectivity index (χ2v) is 4.01. The summed E-state index contributed by atoms with van der Waals surface area (Å²) in [6.07, 6.45) is 0. The van der Waals surface area contributed by atoms with E-state index in [1.54, 1.807) is 6.92 Å². The Morgan fingerprint density at radius 3 is 2.47 bits per heavy atom. The summed E-state index contributed by atoms with van der Waals surface area (Å²) in [7, 11) is -3.00. The van der Waals surface area contributed by atoms with Gasteiger partial charge >= 0.3 is 10.3 Å². The van der Waals surface area contributed by atoms with Crippen LogP contribution < -0.4 is 14.1 Å². The van der Waals surface area contributed by atoms with E-state index in [1.807, 2.05) is 0 Å². The molecule has 1 aromatic rings. The summed E-state index contributed by atoms with van der Waals surface area (Å²) in [5.74, 6) is -1.41. The molecule has 2 N–H and O–H groups in total. The molecule has 1 rings (SSSR count). The van der Waals surface area contributed by atoms with E-state index in [0.29, 0.717) is 5.56 Å². The van der Waals surface area contributed by atoms with Crippen LogP contribution in [0.15, 0.2) is 12.1 Å². The van der Waals surface area contributed by atoms with Gasteiger partial charge in [-0.05, 0) is 24.6 Å².